The van der Waals surface area contributed by atoms with Gasteiger partial charge in [-0.1, -0.05) is 60.7 Å². The fourth-order valence-corrected chi connectivity index (χ4v) is 5.82. The van der Waals surface area contributed by atoms with Crippen LogP contribution in [0.2, 0.25) is 0 Å². The van der Waals surface area contributed by atoms with Crippen molar-refractivity contribution in [3.8, 4) is 0 Å². The third-order valence-corrected chi connectivity index (χ3v) is 8.16. The van der Waals surface area contributed by atoms with Gasteiger partial charge in [0.25, 0.3) is 5.91 Å². The van der Waals surface area contributed by atoms with E-state index in [1.165, 1.54) is 38.0 Å². The minimum Gasteiger partial charge on any atom is -0.394 e. The molecule has 6 aromatic rings. The van der Waals surface area contributed by atoms with Crippen molar-refractivity contribution in [1.82, 2.24) is 19.5 Å². The normalized spacial score (nSPS) is 20.1. The lowest BCUT2D eigenvalue weighted by Gasteiger charge is -2.17. The fraction of sp³-hybridized carbons (Fsp3) is 0.235. The van der Waals surface area contributed by atoms with Crippen molar-refractivity contribution >= 4 is 44.4 Å². The first-order valence-electron chi connectivity index (χ1n) is 14.6. The smallest absolute Gasteiger partial charge is 0.256 e. The highest BCUT2D eigenvalue weighted by Gasteiger charge is 2.44. The summed E-state index contributed by atoms with van der Waals surface area (Å²) in [4.78, 5) is 26.9. The molecule has 1 aliphatic heterocycles. The van der Waals surface area contributed by atoms with E-state index in [-0.39, 0.29) is 11.7 Å². The van der Waals surface area contributed by atoms with Gasteiger partial charge in [-0.15, -0.1) is 0 Å². The Labute approximate surface area is 252 Å². The predicted octanol–water partition coefficient (Wildman–Crippen LogP) is 4.17. The molecule has 4 atom stereocenters. The van der Waals surface area contributed by atoms with Crippen LogP contribution in [0.5, 0.6) is 0 Å². The van der Waals surface area contributed by atoms with Gasteiger partial charge in [0.15, 0.2) is 23.2 Å². The lowest BCUT2D eigenvalue weighted by Crippen LogP contribution is -2.33. The first-order valence-corrected chi connectivity index (χ1v) is 14.6. The maximum Gasteiger partial charge on any atom is 0.256 e. The summed E-state index contributed by atoms with van der Waals surface area (Å²) in [6.07, 6.45) is -1.08. The highest BCUT2D eigenvalue weighted by Crippen LogP contribution is 2.33. The summed E-state index contributed by atoms with van der Waals surface area (Å²) < 4.78 is 7.25. The number of hydrogen-bond acceptors (Lipinski definition) is 8. The molecule has 0 aliphatic carbocycles. The van der Waals surface area contributed by atoms with Gasteiger partial charge >= 0.3 is 0 Å². The number of hydrogen-bond donors (Lipinski definition) is 4. The molecule has 2 unspecified atom stereocenters. The number of carbonyl (C=O) groups is 1. The Morgan fingerprint density at radius 3 is 2.32 bits per heavy atom. The summed E-state index contributed by atoms with van der Waals surface area (Å²) in [7, 11) is 0. The van der Waals surface area contributed by atoms with E-state index in [0.717, 1.165) is 12.8 Å². The summed E-state index contributed by atoms with van der Waals surface area (Å²) in [5.41, 5.74) is 2.32. The van der Waals surface area contributed by atoms with Gasteiger partial charge < -0.3 is 25.4 Å². The second-order valence-electron chi connectivity index (χ2n) is 11.1. The fourth-order valence-electron chi connectivity index (χ4n) is 5.82. The number of rotatable bonds is 8. The van der Waals surface area contributed by atoms with Gasteiger partial charge in [-0.2, -0.15) is 0 Å². The Hall–Kier alpha value is -4.74. The molecule has 1 aliphatic rings. The number of aryl methyl sites for hydroxylation is 2. The number of aromatic nitrogens is 4. The molecule has 1 amide bonds. The minimum absolute atomic E-state index is 0.238. The van der Waals surface area contributed by atoms with Crippen LogP contribution in [0.3, 0.4) is 0 Å². The average molecular weight is 590 g/mol. The number of imidazole rings is 1. The summed E-state index contributed by atoms with van der Waals surface area (Å²) in [6, 6.07) is 28.1. The van der Waals surface area contributed by atoms with E-state index in [9.17, 15) is 20.1 Å². The Bertz CT molecular complexity index is 1980. The zero-order valence-corrected chi connectivity index (χ0v) is 23.7. The van der Waals surface area contributed by atoms with Crippen LogP contribution in [0.4, 0.5) is 5.82 Å². The summed E-state index contributed by atoms with van der Waals surface area (Å²) in [5, 5.41) is 38.3. The van der Waals surface area contributed by atoms with Gasteiger partial charge in [-0.25, -0.2) is 15.0 Å². The maximum atomic E-state index is 13.1. The van der Waals surface area contributed by atoms with Gasteiger partial charge in [-0.05, 0) is 64.2 Å². The number of ether oxygens (including phenoxy) is 1. The zero-order valence-electron chi connectivity index (χ0n) is 23.7. The number of nitrogens with zero attached hydrogens (tertiary/aromatic N) is 4. The highest BCUT2D eigenvalue weighted by atomic mass is 16.6. The first-order chi connectivity index (χ1) is 21.5. The molecule has 0 bridgehead atoms. The summed E-state index contributed by atoms with van der Waals surface area (Å²) >= 11 is 0. The van der Waals surface area contributed by atoms with E-state index in [1.807, 2.05) is 18.2 Å². The molecule has 222 valence electrons. The number of carbonyl (C=O) groups excluding carboxylic acids is 1. The third-order valence-electron chi connectivity index (χ3n) is 8.16. The van der Waals surface area contributed by atoms with Crippen molar-refractivity contribution in [3.63, 3.8) is 0 Å². The molecule has 10 heteroatoms. The van der Waals surface area contributed by atoms with Crippen molar-refractivity contribution in [1.29, 1.82) is 0 Å². The quantitative estimate of drug-likeness (QED) is 0.194. The SMILES string of the molecule is O=C(Nc1nc(CCCc2ccc3cc4ccccc4cc3c2)nc2c1ncn2[C@@H]1O[C@H](CO)C(O)C1O)c1ccccc1. The van der Waals surface area contributed by atoms with E-state index in [2.05, 4.69) is 57.7 Å². The number of aliphatic hydroxyl groups excluding tert-OH is 3. The van der Waals surface area contributed by atoms with Gasteiger partial charge in [0.2, 0.25) is 0 Å². The van der Waals surface area contributed by atoms with Gasteiger partial charge in [0.05, 0.1) is 12.9 Å². The molecule has 0 spiro atoms. The molecule has 2 aromatic heterocycles. The molecule has 0 radical (unpaired) electrons. The van der Waals surface area contributed by atoms with E-state index < -0.39 is 31.1 Å². The highest BCUT2D eigenvalue weighted by molar-refractivity contribution is 6.06. The predicted molar refractivity (Wildman–Crippen MR) is 166 cm³/mol. The second kappa shape index (κ2) is 11.7. The van der Waals surface area contributed by atoms with Crippen molar-refractivity contribution < 1.29 is 24.9 Å². The topological polar surface area (TPSA) is 143 Å². The van der Waals surface area contributed by atoms with Crippen LogP contribution in [-0.4, -0.2) is 65.7 Å². The maximum absolute atomic E-state index is 13.1. The van der Waals surface area contributed by atoms with Gasteiger partial charge in [0.1, 0.15) is 24.1 Å². The van der Waals surface area contributed by atoms with Crippen LogP contribution in [0, 0.1) is 0 Å². The second-order valence-corrected chi connectivity index (χ2v) is 11.1. The molecule has 1 fully saturated rings. The molecule has 1 saturated heterocycles. The van der Waals surface area contributed by atoms with Crippen LogP contribution in [0.15, 0.2) is 91.3 Å². The Kier molecular flexibility index (Phi) is 7.49. The van der Waals surface area contributed by atoms with E-state index in [0.29, 0.717) is 29.0 Å². The Morgan fingerprint density at radius 2 is 1.57 bits per heavy atom. The molecule has 7 rings (SSSR count). The van der Waals surface area contributed by atoms with Gasteiger partial charge in [0, 0.05) is 12.0 Å². The lowest BCUT2D eigenvalue weighted by atomic mass is 9.99. The molecular formula is C34H31N5O5. The number of anilines is 1. The standard InChI is InChI=1S/C34H31N5O5/c40-18-26-29(41)30(42)34(44-26)39-19-35-28-31(38-33(43)21-8-2-1-3-9-21)36-27(37-32(28)39)12-6-7-20-13-14-24-16-22-10-4-5-11-23(22)17-25(24)15-20/h1-5,8-11,13-17,19,26,29-30,34,40-42H,6-7,12,18H2,(H,36,37,38,43)/t26-,29?,30?,34-/m1/s1. The number of aliphatic hydroxyl groups is 3. The van der Waals surface area contributed by atoms with E-state index in [1.54, 1.807) is 24.3 Å². The van der Waals surface area contributed by atoms with Crippen molar-refractivity contribution in [3.05, 3.63) is 108 Å². The number of benzene rings is 4. The van der Waals surface area contributed by atoms with Crippen LogP contribution >= 0.6 is 0 Å². The summed E-state index contributed by atoms with van der Waals surface area (Å²) in [6.45, 7) is -0.453. The minimum atomic E-state index is -1.31. The van der Waals surface area contributed by atoms with Crippen LogP contribution < -0.4 is 5.32 Å². The average Bonchev–Trinajstić information content (AvgIpc) is 3.60. The largest absolute Gasteiger partial charge is 0.394 e. The van der Waals surface area contributed by atoms with Gasteiger partial charge in [-0.3, -0.25) is 9.36 Å². The number of nitrogens with one attached hydrogen (secondary N) is 1. The Morgan fingerprint density at radius 1 is 0.841 bits per heavy atom. The molecular weight excluding hydrogens is 558 g/mol. The third kappa shape index (κ3) is 5.29. The number of fused-ring (bicyclic) bond motifs is 3. The monoisotopic (exact) mass is 589 g/mol. The molecule has 4 N–H and O–H groups in total. The van der Waals surface area contributed by atoms with Crippen LogP contribution in [0.1, 0.15) is 34.4 Å². The van der Waals surface area contributed by atoms with Crippen LogP contribution in [0.25, 0.3) is 32.7 Å². The number of amides is 1. The molecule has 4 aromatic carbocycles. The van der Waals surface area contributed by atoms with Crippen LogP contribution in [-0.2, 0) is 17.6 Å². The van der Waals surface area contributed by atoms with E-state index in [4.69, 9.17) is 9.72 Å². The molecule has 44 heavy (non-hydrogen) atoms. The molecule has 0 saturated carbocycles. The van der Waals surface area contributed by atoms with Crippen molar-refractivity contribution in [2.75, 3.05) is 11.9 Å². The van der Waals surface area contributed by atoms with E-state index >= 15 is 0 Å². The zero-order chi connectivity index (χ0) is 30.2. The Balaban J connectivity index is 1.17. The van der Waals surface area contributed by atoms with Crippen molar-refractivity contribution in [2.45, 2.75) is 43.8 Å². The van der Waals surface area contributed by atoms with Crippen molar-refractivity contribution in [2.24, 2.45) is 0 Å². The summed E-state index contributed by atoms with van der Waals surface area (Å²) in [5.74, 6) is 0.380. The lowest BCUT2D eigenvalue weighted by molar-refractivity contribution is -0.0511. The molecule has 3 heterocycles. The first kappa shape index (κ1) is 28.1. The molecule has 10 nitrogen and oxygen atoms in total.